The monoisotopic (exact) mass is 384 g/mol. The number of fused-ring (bicyclic) bond motifs is 1. The molecule has 0 atom stereocenters. The van der Waals surface area contributed by atoms with Crippen molar-refractivity contribution in [1.82, 2.24) is 14.6 Å². The molecular weight excluding hydrogens is 370 g/mol. The molecule has 0 fully saturated rings. The van der Waals surface area contributed by atoms with E-state index in [1.165, 1.54) is 11.8 Å². The summed E-state index contributed by atoms with van der Waals surface area (Å²) in [6, 6.07) is 6.32. The highest BCUT2D eigenvalue weighted by atomic mass is 32.2. The predicted octanol–water partition coefficient (Wildman–Crippen LogP) is 2.93. The molecule has 0 aliphatic heterocycles. The fourth-order valence-electron chi connectivity index (χ4n) is 2.09. The van der Waals surface area contributed by atoms with Crippen molar-refractivity contribution in [3.63, 3.8) is 0 Å². The number of thioether (sulfide) groups is 1. The van der Waals surface area contributed by atoms with Crippen molar-refractivity contribution >= 4 is 33.1 Å². The molecule has 0 amide bonds. The van der Waals surface area contributed by atoms with Crippen LogP contribution in [-0.2, 0) is 10.0 Å². The average Bonchev–Trinajstić information content (AvgIpc) is 3.02. The van der Waals surface area contributed by atoms with E-state index in [0.29, 0.717) is 18.2 Å². The molecule has 6 nitrogen and oxygen atoms in total. The molecule has 3 aromatic rings. The Morgan fingerprint density at radius 3 is 2.84 bits per heavy atom. The van der Waals surface area contributed by atoms with Gasteiger partial charge in [0.25, 0.3) is 0 Å². The molecule has 0 aliphatic rings. The number of hydrogen-bond donors (Lipinski definition) is 1. The molecular formula is C15H14F2N4O2S2. The molecule has 0 aliphatic carbocycles. The minimum absolute atomic E-state index is 0.176. The van der Waals surface area contributed by atoms with E-state index in [-0.39, 0.29) is 11.4 Å². The Kier molecular flexibility index (Phi) is 5.19. The molecule has 132 valence electrons. The number of halogens is 2. The highest BCUT2D eigenvalue weighted by Crippen LogP contribution is 2.19. The SMILES string of the molecule is O=S(=O)(CCCSc1ccc2nccn2n1)Nc1ccc(F)cc1F. The first-order chi connectivity index (χ1) is 11.9. The molecule has 1 N–H and O–H groups in total. The molecule has 2 aromatic heterocycles. The summed E-state index contributed by atoms with van der Waals surface area (Å²) in [5, 5.41) is 5.07. The topological polar surface area (TPSA) is 76.4 Å². The van der Waals surface area contributed by atoms with E-state index in [1.54, 1.807) is 16.9 Å². The molecule has 3 rings (SSSR count). The van der Waals surface area contributed by atoms with Crippen molar-refractivity contribution in [1.29, 1.82) is 0 Å². The Labute approximate surface area is 147 Å². The normalized spacial score (nSPS) is 11.8. The van der Waals surface area contributed by atoms with Crippen LogP contribution in [0.5, 0.6) is 0 Å². The number of hydrogen-bond acceptors (Lipinski definition) is 5. The largest absolute Gasteiger partial charge is 0.281 e. The molecule has 0 radical (unpaired) electrons. The van der Waals surface area contributed by atoms with E-state index in [1.807, 2.05) is 12.1 Å². The number of nitrogens with one attached hydrogen (secondary N) is 1. The van der Waals surface area contributed by atoms with Crippen molar-refractivity contribution in [3.8, 4) is 0 Å². The van der Waals surface area contributed by atoms with Gasteiger partial charge in [-0.1, -0.05) is 0 Å². The van der Waals surface area contributed by atoms with Gasteiger partial charge >= 0.3 is 0 Å². The van der Waals surface area contributed by atoms with E-state index in [9.17, 15) is 17.2 Å². The average molecular weight is 384 g/mol. The van der Waals surface area contributed by atoms with Crippen molar-refractivity contribution in [2.75, 3.05) is 16.2 Å². The summed E-state index contributed by atoms with van der Waals surface area (Å²) in [6.45, 7) is 0. The van der Waals surface area contributed by atoms with Crippen molar-refractivity contribution < 1.29 is 17.2 Å². The van der Waals surface area contributed by atoms with E-state index in [2.05, 4.69) is 14.8 Å². The van der Waals surface area contributed by atoms with Gasteiger partial charge in [0.1, 0.15) is 16.7 Å². The van der Waals surface area contributed by atoms with Gasteiger partial charge in [0.2, 0.25) is 10.0 Å². The Balaban J connectivity index is 1.51. The summed E-state index contributed by atoms with van der Waals surface area (Å²) in [4.78, 5) is 4.09. The molecule has 0 saturated heterocycles. The fraction of sp³-hybridized carbons (Fsp3) is 0.200. The van der Waals surface area contributed by atoms with Crippen LogP contribution >= 0.6 is 11.8 Å². The zero-order valence-corrected chi connectivity index (χ0v) is 14.5. The Morgan fingerprint density at radius 1 is 1.20 bits per heavy atom. The van der Waals surface area contributed by atoms with E-state index >= 15 is 0 Å². The predicted molar refractivity (Wildman–Crippen MR) is 92.1 cm³/mol. The van der Waals surface area contributed by atoms with Crippen LogP contribution < -0.4 is 4.72 Å². The maximum absolute atomic E-state index is 13.5. The summed E-state index contributed by atoms with van der Waals surface area (Å²) >= 11 is 1.42. The van der Waals surface area contributed by atoms with Crippen LogP contribution in [0.25, 0.3) is 5.65 Å². The Hall–Kier alpha value is -2.20. The lowest BCUT2D eigenvalue weighted by Crippen LogP contribution is -2.18. The van der Waals surface area contributed by atoms with Crippen LogP contribution in [0, 0.1) is 11.6 Å². The third-order valence-electron chi connectivity index (χ3n) is 3.23. The highest BCUT2D eigenvalue weighted by Gasteiger charge is 2.13. The summed E-state index contributed by atoms with van der Waals surface area (Å²) in [7, 11) is -3.71. The molecule has 2 heterocycles. The smallest absolute Gasteiger partial charge is 0.232 e. The van der Waals surface area contributed by atoms with Crippen LogP contribution in [0.3, 0.4) is 0 Å². The second-order valence-corrected chi connectivity index (χ2v) is 8.11. The van der Waals surface area contributed by atoms with Gasteiger partial charge in [0.15, 0.2) is 5.65 Å². The lowest BCUT2D eigenvalue weighted by atomic mass is 10.3. The van der Waals surface area contributed by atoms with Gasteiger partial charge in [-0.25, -0.2) is 26.7 Å². The van der Waals surface area contributed by atoms with Crippen LogP contribution in [0.1, 0.15) is 6.42 Å². The van der Waals surface area contributed by atoms with Gasteiger partial charge in [0, 0.05) is 24.2 Å². The van der Waals surface area contributed by atoms with Gasteiger partial charge in [0.05, 0.1) is 11.4 Å². The van der Waals surface area contributed by atoms with Gasteiger partial charge in [-0.2, -0.15) is 5.10 Å². The minimum atomic E-state index is -3.71. The first-order valence-electron chi connectivity index (χ1n) is 7.32. The van der Waals surface area contributed by atoms with E-state index < -0.39 is 21.7 Å². The first-order valence-corrected chi connectivity index (χ1v) is 9.95. The van der Waals surface area contributed by atoms with Gasteiger partial charge in [-0.15, -0.1) is 11.8 Å². The van der Waals surface area contributed by atoms with Crippen molar-refractivity contribution in [2.24, 2.45) is 0 Å². The molecule has 0 unspecified atom stereocenters. The van der Waals surface area contributed by atoms with Crippen molar-refractivity contribution in [2.45, 2.75) is 11.4 Å². The van der Waals surface area contributed by atoms with Gasteiger partial charge in [-0.05, 0) is 30.7 Å². The number of aromatic nitrogens is 3. The lowest BCUT2D eigenvalue weighted by molar-refractivity contribution is 0.582. The number of imidazole rings is 1. The van der Waals surface area contributed by atoms with Crippen molar-refractivity contribution in [3.05, 3.63) is 54.4 Å². The van der Waals surface area contributed by atoms with Crippen LogP contribution in [0.2, 0.25) is 0 Å². The highest BCUT2D eigenvalue weighted by molar-refractivity contribution is 7.99. The number of anilines is 1. The minimum Gasteiger partial charge on any atom is -0.281 e. The Bertz CT molecular complexity index is 992. The van der Waals surface area contributed by atoms with Crippen LogP contribution in [0.15, 0.2) is 47.8 Å². The maximum atomic E-state index is 13.5. The van der Waals surface area contributed by atoms with Crippen LogP contribution in [-0.4, -0.2) is 34.5 Å². The van der Waals surface area contributed by atoms with E-state index in [0.717, 1.165) is 22.8 Å². The number of nitrogens with zero attached hydrogens (tertiary/aromatic N) is 3. The summed E-state index contributed by atoms with van der Waals surface area (Å²) in [5.74, 6) is -1.36. The van der Waals surface area contributed by atoms with E-state index in [4.69, 9.17) is 0 Å². The number of rotatable bonds is 7. The maximum Gasteiger partial charge on any atom is 0.232 e. The fourth-order valence-corrected chi connectivity index (χ4v) is 4.21. The number of benzene rings is 1. The summed E-state index contributed by atoms with van der Waals surface area (Å²) in [6.07, 6.45) is 3.72. The number of sulfonamides is 1. The molecule has 1 aromatic carbocycles. The molecule has 0 spiro atoms. The zero-order chi connectivity index (χ0) is 17.9. The zero-order valence-electron chi connectivity index (χ0n) is 12.9. The first kappa shape index (κ1) is 17.6. The molecule has 10 heteroatoms. The second kappa shape index (κ2) is 7.36. The van der Waals surface area contributed by atoms with Crippen LogP contribution in [0.4, 0.5) is 14.5 Å². The van der Waals surface area contributed by atoms with Gasteiger partial charge < -0.3 is 0 Å². The molecule has 0 saturated carbocycles. The summed E-state index contributed by atoms with van der Waals surface area (Å²) < 4.78 is 54.1. The Morgan fingerprint density at radius 2 is 2.04 bits per heavy atom. The third-order valence-corrected chi connectivity index (χ3v) is 5.60. The lowest BCUT2D eigenvalue weighted by Gasteiger charge is -2.08. The second-order valence-electron chi connectivity index (χ2n) is 5.15. The molecule has 25 heavy (non-hydrogen) atoms. The standard InChI is InChI=1S/C15H14F2N4O2S2/c16-11-2-3-13(12(17)10-11)20-25(22,23)9-1-8-24-15-5-4-14-18-6-7-21(14)19-15/h2-7,10,20H,1,8-9H2. The third kappa shape index (κ3) is 4.67. The van der Waals surface area contributed by atoms with Gasteiger partial charge in [-0.3, -0.25) is 4.72 Å². The quantitative estimate of drug-likeness (QED) is 0.501. The summed E-state index contributed by atoms with van der Waals surface area (Å²) in [5.41, 5.74) is 0.471. The molecule has 0 bridgehead atoms.